The van der Waals surface area contributed by atoms with E-state index in [1.165, 1.54) is 0 Å². The molecule has 0 radical (unpaired) electrons. The third-order valence-electron chi connectivity index (χ3n) is 4.69. The number of thiazole rings is 1. The first-order chi connectivity index (χ1) is 11.7. The molecule has 24 heavy (non-hydrogen) atoms. The maximum Gasteiger partial charge on any atom is 0.256 e. The maximum atomic E-state index is 13.2. The van der Waals surface area contributed by atoms with Gasteiger partial charge in [0.25, 0.3) is 5.91 Å². The number of carbonyl (C=O) groups excluding carboxylic acids is 1. The summed E-state index contributed by atoms with van der Waals surface area (Å²) in [5, 5.41) is 9.73. The summed E-state index contributed by atoms with van der Waals surface area (Å²) in [5.41, 5.74) is 3.82. The van der Waals surface area contributed by atoms with E-state index in [1.54, 1.807) is 17.5 Å². The Hall–Kier alpha value is -2.41. The molecule has 0 bridgehead atoms. The van der Waals surface area contributed by atoms with Crippen molar-refractivity contribution in [2.45, 2.75) is 32.7 Å². The lowest BCUT2D eigenvalue weighted by molar-refractivity contribution is 0.0735. The van der Waals surface area contributed by atoms with Gasteiger partial charge in [-0.25, -0.2) is 4.98 Å². The number of likely N-dealkylation sites (tertiary alicyclic amines) is 1. The zero-order valence-corrected chi connectivity index (χ0v) is 14.5. The van der Waals surface area contributed by atoms with Crippen LogP contribution in [0.3, 0.4) is 0 Å². The SMILES string of the molecule is Cc1cc(C(=O)N2CCC[C@H]2c2cn[nH]c2)c(C)n1-c1nccs1. The van der Waals surface area contributed by atoms with E-state index in [0.717, 1.165) is 47.0 Å². The quantitative estimate of drug-likeness (QED) is 0.795. The predicted molar refractivity (Wildman–Crippen MR) is 92.5 cm³/mol. The van der Waals surface area contributed by atoms with Gasteiger partial charge in [-0.3, -0.25) is 14.5 Å². The van der Waals surface area contributed by atoms with Gasteiger partial charge < -0.3 is 4.90 Å². The smallest absolute Gasteiger partial charge is 0.256 e. The average Bonchev–Trinajstić information content (AvgIpc) is 3.34. The molecule has 1 fully saturated rings. The molecule has 0 unspecified atom stereocenters. The number of hydrogen-bond donors (Lipinski definition) is 1. The zero-order chi connectivity index (χ0) is 16.7. The minimum Gasteiger partial charge on any atom is -0.331 e. The van der Waals surface area contributed by atoms with Gasteiger partial charge in [-0.05, 0) is 32.8 Å². The third kappa shape index (κ3) is 2.36. The largest absolute Gasteiger partial charge is 0.331 e. The molecule has 124 valence electrons. The summed E-state index contributed by atoms with van der Waals surface area (Å²) in [6.45, 7) is 4.79. The predicted octanol–water partition coefficient (Wildman–Crippen LogP) is 3.25. The number of amides is 1. The van der Waals surface area contributed by atoms with E-state index in [2.05, 4.69) is 19.7 Å². The molecule has 4 rings (SSSR count). The van der Waals surface area contributed by atoms with Crippen molar-refractivity contribution in [3.63, 3.8) is 0 Å². The van der Waals surface area contributed by atoms with E-state index >= 15 is 0 Å². The van der Waals surface area contributed by atoms with Gasteiger partial charge in [0, 0.05) is 41.3 Å². The van der Waals surface area contributed by atoms with E-state index in [4.69, 9.17) is 0 Å². The number of nitrogens with one attached hydrogen (secondary N) is 1. The Bertz CT molecular complexity index is 850. The van der Waals surface area contributed by atoms with Crippen LogP contribution >= 0.6 is 11.3 Å². The summed E-state index contributed by atoms with van der Waals surface area (Å²) in [7, 11) is 0. The minimum atomic E-state index is 0.0922. The standard InChI is InChI=1S/C17H19N5OS/c1-11-8-14(12(2)22(11)17-18-5-7-24-17)16(23)21-6-3-4-15(21)13-9-19-20-10-13/h5,7-10,15H,3-4,6H2,1-2H3,(H,19,20)/t15-/m0/s1. The molecule has 1 saturated heterocycles. The van der Waals surface area contributed by atoms with Crippen LogP contribution in [-0.4, -0.2) is 37.1 Å². The van der Waals surface area contributed by atoms with Gasteiger partial charge in [0.1, 0.15) is 0 Å². The maximum absolute atomic E-state index is 13.2. The second kappa shape index (κ2) is 5.90. The number of rotatable bonds is 3. The van der Waals surface area contributed by atoms with Crippen molar-refractivity contribution in [1.29, 1.82) is 0 Å². The summed E-state index contributed by atoms with van der Waals surface area (Å²) in [4.78, 5) is 19.5. The van der Waals surface area contributed by atoms with Crippen LogP contribution in [-0.2, 0) is 0 Å². The number of hydrogen-bond acceptors (Lipinski definition) is 4. The number of aryl methyl sites for hydroxylation is 1. The van der Waals surface area contributed by atoms with Crippen LogP contribution in [0.4, 0.5) is 0 Å². The molecule has 0 aliphatic carbocycles. The van der Waals surface area contributed by atoms with Gasteiger partial charge in [0.15, 0.2) is 5.13 Å². The Morgan fingerprint density at radius 3 is 3.00 bits per heavy atom. The van der Waals surface area contributed by atoms with Gasteiger partial charge >= 0.3 is 0 Å². The zero-order valence-electron chi connectivity index (χ0n) is 13.7. The Morgan fingerprint density at radius 1 is 1.42 bits per heavy atom. The van der Waals surface area contributed by atoms with Gasteiger partial charge in [-0.1, -0.05) is 0 Å². The highest BCUT2D eigenvalue weighted by molar-refractivity contribution is 7.12. The number of nitrogens with zero attached hydrogens (tertiary/aromatic N) is 4. The Morgan fingerprint density at radius 2 is 2.29 bits per heavy atom. The molecule has 4 heterocycles. The first kappa shape index (κ1) is 15.1. The summed E-state index contributed by atoms with van der Waals surface area (Å²) in [5.74, 6) is 0.0922. The molecule has 3 aromatic heterocycles. The number of aromatic nitrogens is 4. The van der Waals surface area contributed by atoms with E-state index in [1.807, 2.05) is 42.6 Å². The van der Waals surface area contributed by atoms with E-state index < -0.39 is 0 Å². The van der Waals surface area contributed by atoms with Crippen molar-refractivity contribution in [1.82, 2.24) is 24.6 Å². The summed E-state index contributed by atoms with van der Waals surface area (Å²) >= 11 is 1.57. The highest BCUT2D eigenvalue weighted by Gasteiger charge is 2.32. The normalized spacial score (nSPS) is 17.6. The first-order valence-corrected chi connectivity index (χ1v) is 8.93. The van der Waals surface area contributed by atoms with Crippen molar-refractivity contribution < 1.29 is 4.79 Å². The summed E-state index contributed by atoms with van der Waals surface area (Å²) < 4.78 is 2.06. The summed E-state index contributed by atoms with van der Waals surface area (Å²) in [6, 6.07) is 2.09. The van der Waals surface area contributed by atoms with Crippen molar-refractivity contribution in [3.05, 3.63) is 52.6 Å². The molecule has 7 heteroatoms. The molecule has 1 aliphatic rings. The second-order valence-corrected chi connectivity index (χ2v) is 7.00. The van der Waals surface area contributed by atoms with Crippen LogP contribution in [0, 0.1) is 13.8 Å². The molecular weight excluding hydrogens is 322 g/mol. The number of carbonyl (C=O) groups is 1. The average molecular weight is 341 g/mol. The van der Waals surface area contributed by atoms with Crippen LogP contribution in [0.1, 0.15) is 46.2 Å². The Kier molecular flexibility index (Phi) is 3.72. The lowest BCUT2D eigenvalue weighted by atomic mass is 10.1. The van der Waals surface area contributed by atoms with Crippen molar-refractivity contribution in [3.8, 4) is 5.13 Å². The van der Waals surface area contributed by atoms with Crippen LogP contribution in [0.2, 0.25) is 0 Å². The minimum absolute atomic E-state index is 0.0922. The van der Waals surface area contributed by atoms with Gasteiger partial charge in [0.2, 0.25) is 0 Å². The molecule has 1 N–H and O–H groups in total. The van der Waals surface area contributed by atoms with Gasteiger partial charge in [0.05, 0.1) is 17.8 Å². The lowest BCUT2D eigenvalue weighted by Gasteiger charge is -2.24. The lowest BCUT2D eigenvalue weighted by Crippen LogP contribution is -2.30. The molecule has 6 nitrogen and oxygen atoms in total. The van der Waals surface area contributed by atoms with Crippen molar-refractivity contribution in [2.24, 2.45) is 0 Å². The first-order valence-electron chi connectivity index (χ1n) is 8.05. The van der Waals surface area contributed by atoms with Crippen molar-refractivity contribution >= 4 is 17.2 Å². The monoisotopic (exact) mass is 341 g/mol. The fourth-order valence-corrected chi connectivity index (χ4v) is 4.31. The summed E-state index contributed by atoms with van der Waals surface area (Å²) in [6.07, 6.45) is 7.49. The van der Waals surface area contributed by atoms with E-state index in [0.29, 0.717) is 0 Å². The fraction of sp³-hybridized carbons (Fsp3) is 0.353. The molecule has 3 aromatic rings. The molecule has 0 saturated carbocycles. The Labute approximate surface area is 144 Å². The van der Waals surface area contributed by atoms with Crippen LogP contribution < -0.4 is 0 Å². The van der Waals surface area contributed by atoms with Crippen molar-refractivity contribution in [2.75, 3.05) is 6.54 Å². The Balaban J connectivity index is 1.69. The topological polar surface area (TPSA) is 66.8 Å². The number of H-pyrrole nitrogens is 1. The van der Waals surface area contributed by atoms with Crippen LogP contribution in [0.5, 0.6) is 0 Å². The fourth-order valence-electron chi connectivity index (χ4n) is 3.55. The molecule has 0 aromatic carbocycles. The second-order valence-electron chi connectivity index (χ2n) is 6.12. The van der Waals surface area contributed by atoms with Gasteiger partial charge in [-0.15, -0.1) is 11.3 Å². The highest BCUT2D eigenvalue weighted by Crippen LogP contribution is 2.34. The van der Waals surface area contributed by atoms with E-state index in [-0.39, 0.29) is 11.9 Å². The van der Waals surface area contributed by atoms with Crippen LogP contribution in [0.15, 0.2) is 30.0 Å². The van der Waals surface area contributed by atoms with Gasteiger partial charge in [-0.2, -0.15) is 5.10 Å². The highest BCUT2D eigenvalue weighted by atomic mass is 32.1. The third-order valence-corrected chi connectivity index (χ3v) is 5.45. The number of aromatic amines is 1. The molecular formula is C17H19N5OS. The molecule has 1 amide bonds. The molecule has 1 aliphatic heterocycles. The molecule has 1 atom stereocenters. The van der Waals surface area contributed by atoms with E-state index in [9.17, 15) is 4.79 Å². The van der Waals surface area contributed by atoms with Crippen LogP contribution in [0.25, 0.3) is 5.13 Å². The molecule has 0 spiro atoms.